The van der Waals surface area contributed by atoms with Crippen LogP contribution in [0, 0.1) is 5.92 Å². The van der Waals surface area contributed by atoms with E-state index >= 15 is 0 Å². The van der Waals surface area contributed by atoms with Crippen LogP contribution in [0.25, 0.3) is 10.1 Å². The fourth-order valence-corrected chi connectivity index (χ4v) is 5.39. The first kappa shape index (κ1) is 19.6. The fraction of sp³-hybridized carbons (Fsp3) is 0.619. The molecule has 1 aliphatic heterocycles. The van der Waals surface area contributed by atoms with E-state index < -0.39 is 0 Å². The Hall–Kier alpha value is -1.70. The van der Waals surface area contributed by atoms with Crippen molar-refractivity contribution in [2.45, 2.75) is 38.1 Å². The molecular formula is C21H30N4O2S. The van der Waals surface area contributed by atoms with Crippen LogP contribution in [0.4, 0.5) is 5.82 Å². The van der Waals surface area contributed by atoms with Crippen molar-refractivity contribution in [3.05, 3.63) is 24.3 Å². The SMILES string of the molecule is O=C(CCO)N[C@@H]1CCC[C@@H](CN2CCN(c3nsc4ccccc34)CC2)C1. The molecular weight excluding hydrogens is 372 g/mol. The Kier molecular flexibility index (Phi) is 6.44. The van der Waals surface area contributed by atoms with Crippen LogP contribution in [0.3, 0.4) is 0 Å². The van der Waals surface area contributed by atoms with Crippen molar-refractivity contribution in [1.29, 1.82) is 0 Å². The number of amides is 1. The normalized spacial score (nSPS) is 23.8. The van der Waals surface area contributed by atoms with Gasteiger partial charge in [0.25, 0.3) is 0 Å². The Morgan fingerprint density at radius 2 is 2.04 bits per heavy atom. The van der Waals surface area contributed by atoms with Gasteiger partial charge in [-0.05, 0) is 48.8 Å². The Balaban J connectivity index is 1.27. The highest BCUT2D eigenvalue weighted by molar-refractivity contribution is 7.13. The van der Waals surface area contributed by atoms with Crippen LogP contribution in [0.2, 0.25) is 0 Å². The number of fused-ring (bicyclic) bond motifs is 1. The summed E-state index contributed by atoms with van der Waals surface area (Å²) >= 11 is 1.59. The summed E-state index contributed by atoms with van der Waals surface area (Å²) in [6, 6.07) is 8.76. The molecule has 2 heterocycles. The molecule has 1 aliphatic carbocycles. The predicted octanol–water partition coefficient (Wildman–Crippen LogP) is 2.48. The number of nitrogens with one attached hydrogen (secondary N) is 1. The number of hydrogen-bond acceptors (Lipinski definition) is 6. The van der Waals surface area contributed by atoms with Crippen LogP contribution in [-0.4, -0.2) is 65.7 Å². The molecule has 1 saturated carbocycles. The molecule has 152 valence electrons. The second kappa shape index (κ2) is 9.20. The van der Waals surface area contributed by atoms with Crippen molar-refractivity contribution in [3.8, 4) is 0 Å². The van der Waals surface area contributed by atoms with Gasteiger partial charge in [0.1, 0.15) is 5.82 Å². The lowest BCUT2D eigenvalue weighted by Crippen LogP contribution is -2.49. The summed E-state index contributed by atoms with van der Waals surface area (Å²) in [5.41, 5.74) is 0. The molecule has 28 heavy (non-hydrogen) atoms. The van der Waals surface area contributed by atoms with Crippen molar-refractivity contribution < 1.29 is 9.90 Å². The number of aliphatic hydroxyl groups is 1. The van der Waals surface area contributed by atoms with Crippen molar-refractivity contribution >= 4 is 33.3 Å². The van der Waals surface area contributed by atoms with Crippen molar-refractivity contribution in [1.82, 2.24) is 14.6 Å². The number of carbonyl (C=O) groups is 1. The molecule has 2 aliphatic rings. The summed E-state index contributed by atoms with van der Waals surface area (Å²) in [7, 11) is 0. The number of aromatic nitrogens is 1. The third kappa shape index (κ3) is 4.64. The molecule has 2 fully saturated rings. The Morgan fingerprint density at radius 3 is 2.86 bits per heavy atom. The zero-order valence-electron chi connectivity index (χ0n) is 16.3. The first-order valence-electron chi connectivity index (χ1n) is 10.4. The molecule has 1 saturated heterocycles. The number of nitrogens with zero attached hydrogens (tertiary/aromatic N) is 3. The first-order chi connectivity index (χ1) is 13.7. The third-order valence-electron chi connectivity index (χ3n) is 6.03. The molecule has 1 aromatic carbocycles. The number of hydrogen-bond donors (Lipinski definition) is 2. The number of carbonyl (C=O) groups excluding carboxylic acids is 1. The van der Waals surface area contributed by atoms with Crippen LogP contribution in [0.5, 0.6) is 0 Å². The number of anilines is 1. The fourth-order valence-electron chi connectivity index (χ4n) is 4.60. The van der Waals surface area contributed by atoms with Gasteiger partial charge in [0.2, 0.25) is 5.91 Å². The lowest BCUT2D eigenvalue weighted by molar-refractivity contribution is -0.122. The summed E-state index contributed by atoms with van der Waals surface area (Å²) in [5.74, 6) is 1.78. The van der Waals surface area contributed by atoms with E-state index in [4.69, 9.17) is 9.48 Å². The van der Waals surface area contributed by atoms with Gasteiger partial charge < -0.3 is 15.3 Å². The third-order valence-corrected chi connectivity index (χ3v) is 6.85. The van der Waals surface area contributed by atoms with E-state index in [2.05, 4.69) is 39.4 Å². The summed E-state index contributed by atoms with van der Waals surface area (Å²) < 4.78 is 5.96. The quantitative estimate of drug-likeness (QED) is 0.777. The molecule has 0 unspecified atom stereocenters. The summed E-state index contributed by atoms with van der Waals surface area (Å²) in [6.07, 6.45) is 4.78. The second-order valence-electron chi connectivity index (χ2n) is 8.06. The van der Waals surface area contributed by atoms with E-state index in [1.165, 1.54) is 22.9 Å². The highest BCUT2D eigenvalue weighted by Crippen LogP contribution is 2.30. The lowest BCUT2D eigenvalue weighted by atomic mass is 9.85. The Labute approximate surface area is 170 Å². The van der Waals surface area contributed by atoms with E-state index in [0.717, 1.165) is 51.4 Å². The van der Waals surface area contributed by atoms with Crippen LogP contribution in [0.15, 0.2) is 24.3 Å². The Morgan fingerprint density at radius 1 is 1.21 bits per heavy atom. The number of benzene rings is 1. The summed E-state index contributed by atoms with van der Waals surface area (Å²) in [6.45, 7) is 5.25. The summed E-state index contributed by atoms with van der Waals surface area (Å²) in [4.78, 5) is 16.8. The van der Waals surface area contributed by atoms with Gasteiger partial charge >= 0.3 is 0 Å². The number of rotatable bonds is 6. The summed E-state index contributed by atoms with van der Waals surface area (Å²) in [5, 5.41) is 13.3. The highest BCUT2D eigenvalue weighted by Gasteiger charge is 2.27. The van der Waals surface area contributed by atoms with Gasteiger partial charge in [-0.2, -0.15) is 4.37 Å². The minimum Gasteiger partial charge on any atom is -0.396 e. The molecule has 0 bridgehead atoms. The van der Waals surface area contributed by atoms with Gasteiger partial charge in [-0.15, -0.1) is 0 Å². The minimum atomic E-state index is -0.0689. The zero-order chi connectivity index (χ0) is 19.3. The Bertz CT molecular complexity index is 788. The highest BCUT2D eigenvalue weighted by atomic mass is 32.1. The van der Waals surface area contributed by atoms with Crippen molar-refractivity contribution in [2.75, 3.05) is 44.2 Å². The van der Waals surface area contributed by atoms with Gasteiger partial charge in [0, 0.05) is 50.6 Å². The number of aliphatic hydroxyl groups excluding tert-OH is 1. The van der Waals surface area contributed by atoms with Crippen LogP contribution in [-0.2, 0) is 4.79 Å². The maximum Gasteiger partial charge on any atom is 0.222 e. The van der Waals surface area contributed by atoms with Gasteiger partial charge in [0.05, 0.1) is 11.3 Å². The standard InChI is InChI=1S/C21H30N4O2S/c26-13-8-20(27)22-17-5-3-4-16(14-17)15-24-9-11-25(12-10-24)21-18-6-1-2-7-19(18)28-23-21/h1-2,6-7,16-17,26H,3-5,8-15H2,(H,22,27)/t16-,17-/m1/s1. The van der Waals surface area contributed by atoms with Crippen molar-refractivity contribution in [3.63, 3.8) is 0 Å². The maximum absolute atomic E-state index is 11.8. The topological polar surface area (TPSA) is 68.7 Å². The molecule has 4 rings (SSSR count). The lowest BCUT2D eigenvalue weighted by Gasteiger charge is -2.38. The predicted molar refractivity (Wildman–Crippen MR) is 114 cm³/mol. The van der Waals surface area contributed by atoms with Gasteiger partial charge in [-0.25, -0.2) is 0 Å². The van der Waals surface area contributed by atoms with Gasteiger partial charge in [-0.1, -0.05) is 18.6 Å². The van der Waals surface area contributed by atoms with Crippen molar-refractivity contribution in [2.24, 2.45) is 5.92 Å². The van der Waals surface area contributed by atoms with E-state index in [1.807, 2.05) is 0 Å². The largest absolute Gasteiger partial charge is 0.396 e. The van der Waals surface area contributed by atoms with Gasteiger partial charge in [0.15, 0.2) is 0 Å². The molecule has 0 radical (unpaired) electrons. The number of piperazine rings is 1. The average Bonchev–Trinajstić information content (AvgIpc) is 3.13. The minimum absolute atomic E-state index is 0.0164. The second-order valence-corrected chi connectivity index (χ2v) is 8.87. The van der Waals surface area contributed by atoms with E-state index in [-0.39, 0.29) is 25.0 Å². The molecule has 1 aromatic heterocycles. The van der Waals surface area contributed by atoms with Crippen LogP contribution >= 0.6 is 11.5 Å². The average molecular weight is 403 g/mol. The molecule has 2 atom stereocenters. The first-order valence-corrected chi connectivity index (χ1v) is 11.2. The maximum atomic E-state index is 11.8. The van der Waals surface area contributed by atoms with E-state index in [1.54, 1.807) is 11.5 Å². The molecule has 1 amide bonds. The smallest absolute Gasteiger partial charge is 0.222 e. The van der Waals surface area contributed by atoms with E-state index in [0.29, 0.717) is 5.92 Å². The van der Waals surface area contributed by atoms with Gasteiger partial charge in [-0.3, -0.25) is 9.69 Å². The van der Waals surface area contributed by atoms with E-state index in [9.17, 15) is 4.79 Å². The molecule has 6 nitrogen and oxygen atoms in total. The molecule has 2 aromatic rings. The van der Waals surface area contributed by atoms with Crippen LogP contribution in [0.1, 0.15) is 32.1 Å². The zero-order valence-corrected chi connectivity index (χ0v) is 17.2. The van der Waals surface area contributed by atoms with Crippen LogP contribution < -0.4 is 10.2 Å². The monoisotopic (exact) mass is 402 g/mol. The molecule has 2 N–H and O–H groups in total. The molecule has 0 spiro atoms. The molecule has 7 heteroatoms.